The van der Waals surface area contributed by atoms with Gasteiger partial charge < -0.3 is 15.4 Å². The maximum absolute atomic E-state index is 9.16. The molecule has 0 radical (unpaired) electrons. The third-order valence-electron chi connectivity index (χ3n) is 2.22. The fourth-order valence-electron chi connectivity index (χ4n) is 1.45. The number of nitrogens with zero attached hydrogens (tertiary/aromatic N) is 3. The molecule has 0 spiro atoms. The van der Waals surface area contributed by atoms with Gasteiger partial charge in [-0.1, -0.05) is 0 Å². The van der Waals surface area contributed by atoms with Crippen LogP contribution in [0.25, 0.3) is 0 Å². The minimum Gasteiger partial charge on any atom is -0.394 e. The Morgan fingerprint density at radius 2 is 2.07 bits per heavy atom. The van der Waals surface area contributed by atoms with Crippen LogP contribution in [0.3, 0.4) is 0 Å². The topological polar surface area (TPSA) is 77.0 Å². The number of aryl methyl sites for hydroxylation is 1. The van der Waals surface area contributed by atoms with Crippen LogP contribution in [-0.2, 0) is 5.54 Å². The first-order valence-electron chi connectivity index (χ1n) is 4.72. The Kier molecular flexibility index (Phi) is 2.92. The maximum Gasteiger partial charge on any atom is 0.155 e. The van der Waals surface area contributed by atoms with Crippen molar-refractivity contribution in [3.63, 3.8) is 0 Å². The highest BCUT2D eigenvalue weighted by atomic mass is 16.3. The second kappa shape index (κ2) is 3.67. The summed E-state index contributed by atoms with van der Waals surface area (Å²) in [4.78, 5) is 0. The molecule has 1 atom stereocenters. The summed E-state index contributed by atoms with van der Waals surface area (Å²) in [6.45, 7) is 7.55. The molecule has 0 saturated heterocycles. The van der Waals surface area contributed by atoms with Crippen LogP contribution in [0.15, 0.2) is 0 Å². The molecule has 1 aromatic heterocycles. The third kappa shape index (κ3) is 1.78. The molecule has 1 unspecified atom stereocenters. The lowest BCUT2D eigenvalue weighted by Gasteiger charge is -2.23. The summed E-state index contributed by atoms with van der Waals surface area (Å²) in [6.07, 6.45) is 0. The quantitative estimate of drug-likeness (QED) is 0.734. The Morgan fingerprint density at radius 1 is 1.50 bits per heavy atom. The van der Waals surface area contributed by atoms with Crippen LogP contribution >= 0.6 is 0 Å². The molecule has 0 aromatic carbocycles. The first-order valence-corrected chi connectivity index (χ1v) is 4.72. The van der Waals surface area contributed by atoms with E-state index in [-0.39, 0.29) is 12.6 Å². The molecule has 0 aliphatic heterocycles. The van der Waals surface area contributed by atoms with Crippen molar-refractivity contribution < 1.29 is 5.11 Å². The van der Waals surface area contributed by atoms with E-state index in [2.05, 4.69) is 10.2 Å². The highest BCUT2D eigenvalue weighted by Gasteiger charge is 2.28. The van der Waals surface area contributed by atoms with Crippen molar-refractivity contribution in [2.75, 3.05) is 6.61 Å². The lowest BCUT2D eigenvalue weighted by molar-refractivity contribution is 0.197. The van der Waals surface area contributed by atoms with Crippen molar-refractivity contribution in [2.24, 2.45) is 5.73 Å². The number of hydrogen-bond donors (Lipinski definition) is 2. The molecule has 0 saturated carbocycles. The summed E-state index contributed by atoms with van der Waals surface area (Å²) in [5.41, 5.74) is 5.09. The Labute approximate surface area is 83.9 Å². The SMILES string of the molecule is Cc1nnc(C(C)(N)CO)n1C(C)C. The highest BCUT2D eigenvalue weighted by Crippen LogP contribution is 2.19. The van der Waals surface area contributed by atoms with Gasteiger partial charge >= 0.3 is 0 Å². The number of hydrogen-bond acceptors (Lipinski definition) is 4. The zero-order chi connectivity index (χ0) is 10.9. The summed E-state index contributed by atoms with van der Waals surface area (Å²) in [5.74, 6) is 1.45. The predicted molar refractivity (Wildman–Crippen MR) is 53.8 cm³/mol. The van der Waals surface area contributed by atoms with Gasteiger partial charge in [0, 0.05) is 6.04 Å². The Balaban J connectivity index is 3.22. The number of aliphatic hydroxyl groups is 1. The van der Waals surface area contributed by atoms with Crippen LogP contribution in [-0.4, -0.2) is 26.5 Å². The van der Waals surface area contributed by atoms with Gasteiger partial charge in [-0.15, -0.1) is 10.2 Å². The molecule has 0 aliphatic rings. The van der Waals surface area contributed by atoms with Crippen molar-refractivity contribution in [1.82, 2.24) is 14.8 Å². The molecule has 5 nitrogen and oxygen atoms in total. The fraction of sp³-hybridized carbons (Fsp3) is 0.778. The first kappa shape index (κ1) is 11.1. The fourth-order valence-corrected chi connectivity index (χ4v) is 1.45. The number of aromatic nitrogens is 3. The van der Waals surface area contributed by atoms with Gasteiger partial charge in [0.2, 0.25) is 0 Å². The Hall–Kier alpha value is -0.940. The lowest BCUT2D eigenvalue weighted by Crippen LogP contribution is -2.40. The Morgan fingerprint density at radius 3 is 2.50 bits per heavy atom. The van der Waals surface area contributed by atoms with Crippen molar-refractivity contribution in [2.45, 2.75) is 39.3 Å². The van der Waals surface area contributed by atoms with Crippen LogP contribution in [0.2, 0.25) is 0 Å². The molecule has 14 heavy (non-hydrogen) atoms. The minimum atomic E-state index is -0.828. The molecule has 1 aromatic rings. The van der Waals surface area contributed by atoms with E-state index in [9.17, 15) is 0 Å². The molecule has 1 rings (SSSR count). The molecule has 1 heterocycles. The van der Waals surface area contributed by atoms with E-state index in [0.717, 1.165) is 5.82 Å². The molecule has 3 N–H and O–H groups in total. The number of aliphatic hydroxyl groups excluding tert-OH is 1. The average molecular weight is 198 g/mol. The van der Waals surface area contributed by atoms with E-state index < -0.39 is 5.54 Å². The van der Waals surface area contributed by atoms with Crippen LogP contribution in [0.1, 0.15) is 38.5 Å². The summed E-state index contributed by atoms with van der Waals surface area (Å²) in [5, 5.41) is 17.1. The van der Waals surface area contributed by atoms with Crippen molar-refractivity contribution >= 4 is 0 Å². The van der Waals surface area contributed by atoms with E-state index in [1.165, 1.54) is 0 Å². The second-order valence-electron chi connectivity index (χ2n) is 4.11. The van der Waals surface area contributed by atoms with Crippen molar-refractivity contribution in [3.05, 3.63) is 11.6 Å². The normalized spacial score (nSPS) is 15.9. The van der Waals surface area contributed by atoms with Crippen LogP contribution in [0, 0.1) is 6.92 Å². The summed E-state index contributed by atoms with van der Waals surface area (Å²) < 4.78 is 1.94. The van der Waals surface area contributed by atoms with Gasteiger partial charge in [-0.05, 0) is 27.7 Å². The average Bonchev–Trinajstić information content (AvgIpc) is 2.47. The second-order valence-corrected chi connectivity index (χ2v) is 4.11. The van der Waals surface area contributed by atoms with Gasteiger partial charge in [0.25, 0.3) is 0 Å². The number of rotatable bonds is 3. The zero-order valence-corrected chi connectivity index (χ0v) is 9.15. The van der Waals surface area contributed by atoms with Gasteiger partial charge in [-0.25, -0.2) is 0 Å². The van der Waals surface area contributed by atoms with Gasteiger partial charge in [0.15, 0.2) is 5.82 Å². The molecule has 0 fully saturated rings. The smallest absolute Gasteiger partial charge is 0.155 e. The van der Waals surface area contributed by atoms with E-state index in [4.69, 9.17) is 10.8 Å². The molecular weight excluding hydrogens is 180 g/mol. The molecule has 5 heteroatoms. The molecule has 80 valence electrons. The monoisotopic (exact) mass is 198 g/mol. The van der Waals surface area contributed by atoms with Gasteiger partial charge in [-0.3, -0.25) is 0 Å². The Bertz CT molecular complexity index is 317. The van der Waals surface area contributed by atoms with E-state index >= 15 is 0 Å². The molecule has 0 aliphatic carbocycles. The maximum atomic E-state index is 9.16. The standard InChI is InChI=1S/C9H18N4O/c1-6(2)13-7(3)11-12-8(13)9(4,10)5-14/h6,14H,5,10H2,1-4H3. The van der Waals surface area contributed by atoms with Crippen molar-refractivity contribution in [3.8, 4) is 0 Å². The van der Waals surface area contributed by atoms with E-state index in [1.54, 1.807) is 6.92 Å². The van der Waals surface area contributed by atoms with Gasteiger partial charge in [0.05, 0.1) is 12.1 Å². The molecule has 0 amide bonds. The molecule has 0 bridgehead atoms. The van der Waals surface area contributed by atoms with Gasteiger partial charge in [-0.2, -0.15) is 0 Å². The highest BCUT2D eigenvalue weighted by molar-refractivity contribution is 5.07. The third-order valence-corrected chi connectivity index (χ3v) is 2.22. The summed E-state index contributed by atoms with van der Waals surface area (Å²) in [7, 11) is 0. The van der Waals surface area contributed by atoms with E-state index in [0.29, 0.717) is 5.82 Å². The lowest BCUT2D eigenvalue weighted by atomic mass is 10.0. The summed E-state index contributed by atoms with van der Waals surface area (Å²) >= 11 is 0. The van der Waals surface area contributed by atoms with Gasteiger partial charge in [0.1, 0.15) is 5.82 Å². The number of nitrogens with two attached hydrogens (primary N) is 1. The van der Waals surface area contributed by atoms with Crippen LogP contribution in [0.5, 0.6) is 0 Å². The summed E-state index contributed by atoms with van der Waals surface area (Å²) in [6, 6.07) is 0.245. The molecular formula is C9H18N4O. The first-order chi connectivity index (χ1) is 6.40. The van der Waals surface area contributed by atoms with Crippen LogP contribution < -0.4 is 5.73 Å². The van der Waals surface area contributed by atoms with Crippen molar-refractivity contribution in [1.29, 1.82) is 0 Å². The zero-order valence-electron chi connectivity index (χ0n) is 9.15. The van der Waals surface area contributed by atoms with Crippen LogP contribution in [0.4, 0.5) is 0 Å². The largest absolute Gasteiger partial charge is 0.394 e. The minimum absolute atomic E-state index is 0.141. The van der Waals surface area contributed by atoms with E-state index in [1.807, 2.05) is 25.3 Å². The predicted octanol–water partition coefficient (Wildman–Crippen LogP) is 0.334.